The van der Waals surface area contributed by atoms with Crippen molar-refractivity contribution in [3.05, 3.63) is 22.7 Å². The van der Waals surface area contributed by atoms with E-state index in [2.05, 4.69) is 12.2 Å². The number of hydrogen-bond acceptors (Lipinski definition) is 3. The average molecular weight is 373 g/mol. The summed E-state index contributed by atoms with van der Waals surface area (Å²) in [6.45, 7) is 12.7. The van der Waals surface area contributed by atoms with Gasteiger partial charge in [0, 0.05) is 18.1 Å². The van der Waals surface area contributed by atoms with E-state index in [1.807, 2.05) is 19.1 Å². The maximum Gasteiger partial charge on any atom is 0.162 e. The van der Waals surface area contributed by atoms with Gasteiger partial charge in [0.25, 0.3) is 0 Å². The molecule has 2 rings (SSSR count). The van der Waals surface area contributed by atoms with Gasteiger partial charge in [0.1, 0.15) is 19.6 Å². The summed E-state index contributed by atoms with van der Waals surface area (Å²) in [5.41, 5.74) is 1.10. The zero-order chi connectivity index (χ0) is 17.9. The SMILES string of the molecule is CCCOc1cc(Cl)c(C[NH2+]CCC[NH+]2CCOCC2)cc1OCC. The largest absolute Gasteiger partial charge is 0.490 e. The molecule has 0 atom stereocenters. The van der Waals surface area contributed by atoms with Crippen LogP contribution in [-0.4, -0.2) is 52.6 Å². The molecule has 1 saturated heterocycles. The molecule has 3 N–H and O–H groups in total. The van der Waals surface area contributed by atoms with Gasteiger partial charge in [-0.3, -0.25) is 0 Å². The highest BCUT2D eigenvalue weighted by Gasteiger charge is 2.14. The monoisotopic (exact) mass is 372 g/mol. The summed E-state index contributed by atoms with van der Waals surface area (Å²) >= 11 is 6.44. The van der Waals surface area contributed by atoms with Crippen LogP contribution in [0.25, 0.3) is 0 Å². The molecular weight excluding hydrogens is 340 g/mol. The summed E-state index contributed by atoms with van der Waals surface area (Å²) < 4.78 is 16.9. The fourth-order valence-corrected chi connectivity index (χ4v) is 3.22. The molecule has 0 aromatic heterocycles. The first kappa shape index (κ1) is 20.3. The van der Waals surface area contributed by atoms with Gasteiger partial charge < -0.3 is 24.4 Å². The number of ether oxygens (including phenoxy) is 3. The number of quaternary nitrogens is 2. The molecule has 0 bridgehead atoms. The zero-order valence-corrected chi connectivity index (χ0v) is 16.4. The second-order valence-electron chi connectivity index (χ2n) is 6.42. The molecule has 1 heterocycles. The smallest absolute Gasteiger partial charge is 0.162 e. The van der Waals surface area contributed by atoms with Crippen molar-refractivity contribution < 1.29 is 24.4 Å². The van der Waals surface area contributed by atoms with Crippen molar-refractivity contribution in [2.24, 2.45) is 0 Å². The van der Waals surface area contributed by atoms with Gasteiger partial charge in [-0.1, -0.05) is 18.5 Å². The van der Waals surface area contributed by atoms with E-state index < -0.39 is 0 Å². The predicted molar refractivity (Wildman–Crippen MR) is 99.9 cm³/mol. The van der Waals surface area contributed by atoms with E-state index in [9.17, 15) is 0 Å². The number of rotatable bonds is 11. The van der Waals surface area contributed by atoms with Crippen molar-refractivity contribution in [3.8, 4) is 11.5 Å². The molecular formula is C19H33ClN2O3+2. The second kappa shape index (κ2) is 11.6. The van der Waals surface area contributed by atoms with Crippen molar-refractivity contribution in [2.45, 2.75) is 33.2 Å². The molecule has 1 aliphatic heterocycles. The van der Waals surface area contributed by atoms with Crippen LogP contribution in [0.3, 0.4) is 0 Å². The van der Waals surface area contributed by atoms with Gasteiger partial charge in [-0.25, -0.2) is 0 Å². The van der Waals surface area contributed by atoms with Crippen LogP contribution in [0.4, 0.5) is 0 Å². The number of morpholine rings is 1. The standard InChI is InChI=1S/C19H31ClN2O3/c1-3-10-25-19-14-17(20)16(13-18(19)24-4-2)15-21-6-5-7-22-8-11-23-12-9-22/h13-14,21H,3-12,15H2,1-2H3/p+2. The van der Waals surface area contributed by atoms with Crippen LogP contribution in [0.2, 0.25) is 5.02 Å². The number of benzene rings is 1. The Kier molecular flexibility index (Phi) is 9.40. The summed E-state index contributed by atoms with van der Waals surface area (Å²) in [6.07, 6.45) is 2.17. The fourth-order valence-electron chi connectivity index (χ4n) is 2.99. The summed E-state index contributed by atoms with van der Waals surface area (Å²) in [4.78, 5) is 1.66. The Morgan fingerprint density at radius 1 is 1.16 bits per heavy atom. The first-order valence-electron chi connectivity index (χ1n) is 9.55. The van der Waals surface area contributed by atoms with E-state index in [1.54, 1.807) is 4.90 Å². The Labute approximate surface area is 156 Å². The summed E-state index contributed by atoms with van der Waals surface area (Å²) in [6, 6.07) is 3.92. The van der Waals surface area contributed by atoms with E-state index in [-0.39, 0.29) is 0 Å². The maximum absolute atomic E-state index is 6.44. The van der Waals surface area contributed by atoms with Crippen LogP contribution in [-0.2, 0) is 11.3 Å². The third-order valence-electron chi connectivity index (χ3n) is 4.38. The summed E-state index contributed by atoms with van der Waals surface area (Å²) in [5.74, 6) is 1.54. The third-order valence-corrected chi connectivity index (χ3v) is 4.73. The molecule has 0 radical (unpaired) electrons. The predicted octanol–water partition coefficient (Wildman–Crippen LogP) is 0.896. The van der Waals surface area contributed by atoms with Crippen LogP contribution >= 0.6 is 11.6 Å². The van der Waals surface area contributed by atoms with Crippen LogP contribution < -0.4 is 19.7 Å². The molecule has 6 heteroatoms. The Balaban J connectivity index is 1.80. The number of nitrogens with one attached hydrogen (secondary N) is 1. The molecule has 0 aliphatic carbocycles. The van der Waals surface area contributed by atoms with Gasteiger partial charge in [0.05, 0.1) is 44.5 Å². The number of nitrogens with two attached hydrogens (primary N) is 1. The lowest BCUT2D eigenvalue weighted by Crippen LogP contribution is -3.14. The lowest BCUT2D eigenvalue weighted by Gasteiger charge is -2.23. The molecule has 0 saturated carbocycles. The molecule has 0 spiro atoms. The molecule has 25 heavy (non-hydrogen) atoms. The van der Waals surface area contributed by atoms with Crippen LogP contribution in [0.1, 0.15) is 32.3 Å². The topological polar surface area (TPSA) is 48.7 Å². The lowest BCUT2D eigenvalue weighted by atomic mass is 10.2. The van der Waals surface area contributed by atoms with E-state index in [0.29, 0.717) is 13.2 Å². The summed E-state index contributed by atoms with van der Waals surface area (Å²) in [7, 11) is 0. The highest BCUT2D eigenvalue weighted by molar-refractivity contribution is 6.31. The van der Waals surface area contributed by atoms with Crippen molar-refractivity contribution in [3.63, 3.8) is 0 Å². The highest BCUT2D eigenvalue weighted by Crippen LogP contribution is 2.33. The average Bonchev–Trinajstić information content (AvgIpc) is 2.63. The number of hydrogen-bond donors (Lipinski definition) is 2. The first-order valence-corrected chi connectivity index (χ1v) is 9.93. The minimum atomic E-state index is 0.621. The van der Waals surface area contributed by atoms with Crippen molar-refractivity contribution in [2.75, 3.05) is 52.6 Å². The molecule has 1 aliphatic rings. The van der Waals surface area contributed by atoms with E-state index in [1.165, 1.54) is 13.0 Å². The second-order valence-corrected chi connectivity index (χ2v) is 6.83. The minimum absolute atomic E-state index is 0.621. The molecule has 1 aromatic carbocycles. The van der Waals surface area contributed by atoms with Gasteiger partial charge in [-0.05, 0) is 19.4 Å². The Morgan fingerprint density at radius 2 is 1.92 bits per heavy atom. The van der Waals surface area contributed by atoms with Gasteiger partial charge in [0.2, 0.25) is 0 Å². The van der Waals surface area contributed by atoms with E-state index in [4.69, 9.17) is 25.8 Å². The van der Waals surface area contributed by atoms with Crippen molar-refractivity contribution in [1.29, 1.82) is 0 Å². The normalized spacial score (nSPS) is 15.3. The van der Waals surface area contributed by atoms with Gasteiger partial charge >= 0.3 is 0 Å². The fraction of sp³-hybridized carbons (Fsp3) is 0.684. The zero-order valence-electron chi connectivity index (χ0n) is 15.6. The van der Waals surface area contributed by atoms with Crippen molar-refractivity contribution >= 4 is 11.6 Å². The van der Waals surface area contributed by atoms with Crippen molar-refractivity contribution in [1.82, 2.24) is 0 Å². The molecule has 1 aromatic rings. The van der Waals surface area contributed by atoms with Gasteiger partial charge in [-0.2, -0.15) is 0 Å². The van der Waals surface area contributed by atoms with Crippen LogP contribution in [0.15, 0.2) is 12.1 Å². The van der Waals surface area contributed by atoms with Gasteiger partial charge in [-0.15, -0.1) is 0 Å². The minimum Gasteiger partial charge on any atom is -0.490 e. The summed E-state index contributed by atoms with van der Waals surface area (Å²) in [5, 5.41) is 3.08. The molecule has 142 valence electrons. The number of halogens is 1. The molecule has 0 amide bonds. The molecule has 1 fully saturated rings. The van der Waals surface area contributed by atoms with Crippen LogP contribution in [0, 0.1) is 0 Å². The van der Waals surface area contributed by atoms with Gasteiger partial charge in [0.15, 0.2) is 11.5 Å². The Morgan fingerprint density at radius 3 is 2.64 bits per heavy atom. The molecule has 0 unspecified atom stereocenters. The Bertz CT molecular complexity index is 508. The highest BCUT2D eigenvalue weighted by atomic mass is 35.5. The third kappa shape index (κ3) is 7.02. The van der Waals surface area contributed by atoms with E-state index >= 15 is 0 Å². The Hall–Kier alpha value is -1.01. The quantitative estimate of drug-likeness (QED) is 0.567. The first-order chi connectivity index (χ1) is 12.2. The molecule has 5 nitrogen and oxygen atoms in total. The maximum atomic E-state index is 6.44. The van der Waals surface area contributed by atoms with Crippen LogP contribution in [0.5, 0.6) is 11.5 Å². The van der Waals surface area contributed by atoms with E-state index in [0.717, 1.165) is 67.9 Å². The lowest BCUT2D eigenvalue weighted by molar-refractivity contribution is -0.909.